The normalized spacial score (nSPS) is 10.1. The average molecular weight is 465 g/mol. The molecule has 0 fully saturated rings. The number of nitrogens with zero attached hydrogens (tertiary/aromatic N) is 6. The molecule has 0 saturated carbocycles. The van der Waals surface area contributed by atoms with Gasteiger partial charge in [0, 0.05) is 0 Å². The van der Waals surface area contributed by atoms with Crippen molar-refractivity contribution in [2.24, 2.45) is 0 Å². The van der Waals surface area contributed by atoms with E-state index in [1.807, 2.05) is 13.8 Å². The Morgan fingerprint density at radius 3 is 1.44 bits per heavy atom. The highest BCUT2D eigenvalue weighted by Crippen LogP contribution is 2.16. The van der Waals surface area contributed by atoms with Crippen molar-refractivity contribution in [3.8, 4) is 0 Å². The molecule has 18 heavy (non-hydrogen) atoms. The van der Waals surface area contributed by atoms with E-state index < -0.39 is 0 Å². The molecule has 6 nitrogen and oxygen atoms in total. The van der Waals surface area contributed by atoms with Crippen LogP contribution in [0.15, 0.2) is 13.8 Å². The molecular formula is C8H10Br3ClN6. The number of aryl methyl sites for hydroxylation is 2. The van der Waals surface area contributed by atoms with E-state index in [1.54, 1.807) is 4.80 Å². The van der Waals surface area contributed by atoms with E-state index in [0.717, 1.165) is 22.3 Å². The van der Waals surface area contributed by atoms with E-state index in [-0.39, 0.29) is 0 Å². The van der Waals surface area contributed by atoms with Gasteiger partial charge in [0.1, 0.15) is 0 Å². The topological polar surface area (TPSA) is 61.4 Å². The first-order chi connectivity index (χ1) is 8.47. The molecule has 100 valence electrons. The summed E-state index contributed by atoms with van der Waals surface area (Å²) in [6, 6.07) is 0. The van der Waals surface area contributed by atoms with Crippen LogP contribution < -0.4 is 0 Å². The van der Waals surface area contributed by atoms with Crippen LogP contribution in [0.3, 0.4) is 0 Å². The maximum absolute atomic E-state index is 5.57. The molecular weight excluding hydrogens is 455 g/mol. The van der Waals surface area contributed by atoms with Gasteiger partial charge in [-0.2, -0.15) is 9.59 Å². The molecule has 0 N–H and O–H groups in total. The van der Waals surface area contributed by atoms with Crippen LogP contribution >= 0.6 is 59.4 Å². The van der Waals surface area contributed by atoms with E-state index in [0.29, 0.717) is 9.76 Å². The first kappa shape index (κ1) is 16.1. The second-order valence-electron chi connectivity index (χ2n) is 2.94. The van der Waals surface area contributed by atoms with Crippen LogP contribution in [0, 0.1) is 0 Å². The van der Waals surface area contributed by atoms with Gasteiger partial charge < -0.3 is 0 Å². The number of hydrogen-bond acceptors (Lipinski definition) is 4. The van der Waals surface area contributed by atoms with Gasteiger partial charge in [-0.1, -0.05) is 11.6 Å². The van der Waals surface area contributed by atoms with Crippen molar-refractivity contribution in [2.45, 2.75) is 26.9 Å². The Bertz CT molecular complexity index is 426. The third kappa shape index (κ3) is 4.60. The smallest absolute Gasteiger partial charge is 0.183 e. The molecule has 0 amide bonds. The zero-order valence-corrected chi connectivity index (χ0v) is 15.1. The molecule has 0 aliphatic rings. The summed E-state index contributed by atoms with van der Waals surface area (Å²) in [7, 11) is 0. The molecule has 0 unspecified atom stereocenters. The largest absolute Gasteiger partial charge is 0.185 e. The zero-order chi connectivity index (χ0) is 13.7. The fourth-order valence-electron chi connectivity index (χ4n) is 0.898. The third-order valence-corrected chi connectivity index (χ3v) is 4.34. The summed E-state index contributed by atoms with van der Waals surface area (Å²) in [5.41, 5.74) is 0. The van der Waals surface area contributed by atoms with Crippen molar-refractivity contribution in [3.63, 3.8) is 0 Å². The van der Waals surface area contributed by atoms with Gasteiger partial charge in [-0.15, -0.1) is 20.4 Å². The number of halogens is 4. The van der Waals surface area contributed by atoms with Gasteiger partial charge >= 0.3 is 0 Å². The molecule has 2 rings (SSSR count). The van der Waals surface area contributed by atoms with Crippen molar-refractivity contribution in [3.05, 3.63) is 19.0 Å². The van der Waals surface area contributed by atoms with Gasteiger partial charge in [0.25, 0.3) is 0 Å². The molecule has 2 aromatic heterocycles. The Morgan fingerprint density at radius 1 is 0.833 bits per heavy atom. The van der Waals surface area contributed by atoms with Crippen LogP contribution in [0.5, 0.6) is 0 Å². The predicted molar refractivity (Wildman–Crippen MR) is 79.5 cm³/mol. The van der Waals surface area contributed by atoms with Crippen LogP contribution in [-0.2, 0) is 13.1 Å². The van der Waals surface area contributed by atoms with Gasteiger partial charge in [0.05, 0.1) is 13.1 Å². The summed E-state index contributed by atoms with van der Waals surface area (Å²) in [5, 5.41) is 16.2. The lowest BCUT2D eigenvalue weighted by Crippen LogP contribution is -1.97. The molecule has 0 bridgehead atoms. The average Bonchev–Trinajstić information content (AvgIpc) is 2.84. The number of hydrogen-bond donors (Lipinski definition) is 0. The van der Waals surface area contributed by atoms with E-state index in [1.165, 1.54) is 4.80 Å². The highest BCUT2D eigenvalue weighted by Gasteiger charge is 2.02. The minimum absolute atomic E-state index is 0.414. The molecule has 0 spiro atoms. The van der Waals surface area contributed by atoms with Crippen LogP contribution in [0.4, 0.5) is 0 Å². The van der Waals surface area contributed by atoms with E-state index in [9.17, 15) is 0 Å². The fraction of sp³-hybridized carbons (Fsp3) is 0.500. The van der Waals surface area contributed by atoms with Crippen LogP contribution in [0.2, 0.25) is 5.15 Å². The molecule has 0 radical (unpaired) electrons. The minimum Gasteiger partial charge on any atom is -0.183 e. The first-order valence-corrected chi connectivity index (χ1v) is 7.75. The maximum Gasteiger partial charge on any atom is 0.185 e. The molecule has 10 heteroatoms. The molecule has 0 saturated heterocycles. The standard InChI is InChI=1S/C4H5Br2N3.C4H5BrClN3/c2*1-2-9-7-3(5)4(6)8-9/h2*2H2,1H3. The summed E-state index contributed by atoms with van der Waals surface area (Å²) in [5.74, 6) is 0. The van der Waals surface area contributed by atoms with E-state index in [4.69, 9.17) is 11.6 Å². The lowest BCUT2D eigenvalue weighted by molar-refractivity contribution is 0.565. The molecule has 2 aromatic rings. The Morgan fingerprint density at radius 2 is 1.22 bits per heavy atom. The van der Waals surface area contributed by atoms with Gasteiger partial charge in [-0.05, 0) is 61.6 Å². The van der Waals surface area contributed by atoms with Crippen LogP contribution in [0.1, 0.15) is 13.8 Å². The second kappa shape index (κ2) is 7.56. The van der Waals surface area contributed by atoms with E-state index >= 15 is 0 Å². The second-order valence-corrected chi connectivity index (χ2v) is 5.55. The lowest BCUT2D eigenvalue weighted by atomic mass is 10.8. The summed E-state index contributed by atoms with van der Waals surface area (Å²) in [6.07, 6.45) is 0. The van der Waals surface area contributed by atoms with Gasteiger partial charge in [0.15, 0.2) is 19.0 Å². The minimum atomic E-state index is 0.414. The Kier molecular flexibility index (Phi) is 6.75. The SMILES string of the molecule is CCn1nc(Br)c(Br)n1.CCn1nc(Cl)c(Br)n1. The Balaban J connectivity index is 0.000000180. The van der Waals surface area contributed by atoms with Crippen molar-refractivity contribution >= 4 is 59.4 Å². The molecule has 0 aliphatic carbocycles. The number of aromatic nitrogens is 6. The van der Waals surface area contributed by atoms with Gasteiger partial charge in [-0.3, -0.25) is 0 Å². The summed E-state index contributed by atoms with van der Waals surface area (Å²) in [4.78, 5) is 3.13. The van der Waals surface area contributed by atoms with Gasteiger partial charge in [-0.25, -0.2) is 0 Å². The highest BCUT2D eigenvalue weighted by atomic mass is 79.9. The van der Waals surface area contributed by atoms with Crippen LogP contribution in [0.25, 0.3) is 0 Å². The Labute approximate surface area is 134 Å². The van der Waals surface area contributed by atoms with Crippen molar-refractivity contribution < 1.29 is 0 Å². The van der Waals surface area contributed by atoms with Crippen LogP contribution in [-0.4, -0.2) is 30.0 Å². The summed E-state index contributed by atoms with van der Waals surface area (Å²) < 4.78 is 2.11. The Hall–Kier alpha value is 0.01000. The maximum atomic E-state index is 5.57. The van der Waals surface area contributed by atoms with Crippen molar-refractivity contribution in [2.75, 3.05) is 0 Å². The summed E-state index contributed by atoms with van der Waals surface area (Å²) >= 11 is 15.1. The summed E-state index contributed by atoms with van der Waals surface area (Å²) in [6.45, 7) is 5.47. The molecule has 0 aliphatic heterocycles. The third-order valence-electron chi connectivity index (χ3n) is 1.72. The van der Waals surface area contributed by atoms with Gasteiger partial charge in [0.2, 0.25) is 0 Å². The molecule has 2 heterocycles. The monoisotopic (exact) mass is 462 g/mol. The fourth-order valence-corrected chi connectivity index (χ4v) is 1.81. The lowest BCUT2D eigenvalue weighted by Gasteiger charge is -1.86. The number of rotatable bonds is 2. The van der Waals surface area contributed by atoms with E-state index in [2.05, 4.69) is 68.2 Å². The highest BCUT2D eigenvalue weighted by molar-refractivity contribution is 9.13. The van der Waals surface area contributed by atoms with Crippen molar-refractivity contribution in [1.29, 1.82) is 0 Å². The van der Waals surface area contributed by atoms with Crippen molar-refractivity contribution in [1.82, 2.24) is 30.0 Å². The predicted octanol–water partition coefficient (Wildman–Crippen LogP) is 3.54. The quantitative estimate of drug-likeness (QED) is 0.681. The molecule has 0 aromatic carbocycles. The zero-order valence-electron chi connectivity index (χ0n) is 9.61. The first-order valence-electron chi connectivity index (χ1n) is 5.00. The molecule has 0 atom stereocenters.